The Morgan fingerprint density at radius 3 is 2.42 bits per heavy atom. The number of rotatable bonds is 7. The molecule has 1 atom stereocenters. The molecule has 0 saturated heterocycles. The maximum absolute atomic E-state index is 12.4. The Hall–Kier alpha value is -2.51. The Kier molecular flexibility index (Phi) is 5.83. The highest BCUT2D eigenvalue weighted by Crippen LogP contribution is 2.22. The summed E-state index contributed by atoms with van der Waals surface area (Å²) in [5.41, 5.74) is 1.64. The number of aryl methyl sites for hydroxylation is 2. The first kappa shape index (κ1) is 17.8. The number of alkyl halides is 2. The van der Waals surface area contributed by atoms with Gasteiger partial charge in [-0.25, -0.2) is 0 Å². The highest BCUT2D eigenvalue weighted by Gasteiger charge is 2.19. The van der Waals surface area contributed by atoms with E-state index in [0.29, 0.717) is 18.7 Å². The minimum absolute atomic E-state index is 0.0802. The third-order valence-electron chi connectivity index (χ3n) is 3.54. The Balaban J connectivity index is 2.10. The number of ether oxygens (including phenoxy) is 1. The summed E-state index contributed by atoms with van der Waals surface area (Å²) in [6.45, 7) is 3.26. The van der Waals surface area contributed by atoms with Gasteiger partial charge < -0.3 is 10.1 Å². The van der Waals surface area contributed by atoms with Crippen molar-refractivity contribution in [1.82, 2.24) is 20.3 Å². The monoisotopic (exact) mass is 338 g/mol. The summed E-state index contributed by atoms with van der Waals surface area (Å²) in [7, 11) is 0. The van der Waals surface area contributed by atoms with Crippen molar-refractivity contribution >= 4 is 5.91 Å². The second kappa shape index (κ2) is 7.85. The van der Waals surface area contributed by atoms with Gasteiger partial charge in [-0.1, -0.05) is 19.1 Å². The molecule has 1 unspecified atom stereocenters. The smallest absolute Gasteiger partial charge is 0.387 e. The number of halogens is 2. The van der Waals surface area contributed by atoms with Gasteiger partial charge in [-0.3, -0.25) is 4.79 Å². The molecule has 130 valence electrons. The van der Waals surface area contributed by atoms with Crippen molar-refractivity contribution < 1.29 is 18.3 Å². The van der Waals surface area contributed by atoms with Crippen molar-refractivity contribution in [3.05, 3.63) is 41.2 Å². The molecule has 0 bridgehead atoms. The fourth-order valence-electron chi connectivity index (χ4n) is 2.31. The molecule has 1 aromatic carbocycles. The molecule has 2 aromatic rings. The normalized spacial score (nSPS) is 12.2. The van der Waals surface area contributed by atoms with E-state index in [-0.39, 0.29) is 23.4 Å². The molecule has 2 rings (SSSR count). The van der Waals surface area contributed by atoms with Gasteiger partial charge in [0.25, 0.3) is 5.91 Å². The van der Waals surface area contributed by atoms with Crippen molar-refractivity contribution in [3.8, 4) is 5.75 Å². The largest absolute Gasteiger partial charge is 0.435 e. The number of aromatic nitrogens is 3. The summed E-state index contributed by atoms with van der Waals surface area (Å²) in [4.78, 5) is 13.9. The van der Waals surface area contributed by atoms with Crippen molar-refractivity contribution in [2.75, 3.05) is 0 Å². The van der Waals surface area contributed by atoms with Crippen molar-refractivity contribution in [2.45, 2.75) is 46.4 Å². The van der Waals surface area contributed by atoms with Gasteiger partial charge >= 0.3 is 6.61 Å². The van der Waals surface area contributed by atoms with E-state index in [4.69, 9.17) is 0 Å². The number of nitrogens with zero attached hydrogens (tertiary/aromatic N) is 3. The lowest BCUT2D eigenvalue weighted by Gasteiger charge is -2.17. The molecular formula is C16H20F2N4O2. The summed E-state index contributed by atoms with van der Waals surface area (Å²) < 4.78 is 28.7. The lowest BCUT2D eigenvalue weighted by molar-refractivity contribution is -0.0498. The minimum Gasteiger partial charge on any atom is -0.435 e. The van der Waals surface area contributed by atoms with Gasteiger partial charge in [-0.05, 0) is 38.0 Å². The number of hydrogen-bond donors (Lipinski definition) is 1. The van der Waals surface area contributed by atoms with Crippen LogP contribution in [0, 0.1) is 6.92 Å². The number of nitrogens with one attached hydrogen (secondary N) is 1. The average molecular weight is 338 g/mol. The first-order chi connectivity index (χ1) is 11.4. The van der Waals surface area contributed by atoms with Crippen LogP contribution >= 0.6 is 0 Å². The van der Waals surface area contributed by atoms with E-state index in [9.17, 15) is 13.6 Å². The number of hydrogen-bond acceptors (Lipinski definition) is 4. The molecule has 6 nitrogen and oxygen atoms in total. The summed E-state index contributed by atoms with van der Waals surface area (Å²) >= 11 is 0. The number of carbonyl (C=O) groups is 1. The van der Waals surface area contributed by atoms with Gasteiger partial charge in [0.05, 0.1) is 18.3 Å². The molecule has 0 radical (unpaired) electrons. The van der Waals surface area contributed by atoms with Gasteiger partial charge in [0.1, 0.15) is 5.75 Å². The molecule has 0 saturated carbocycles. The molecule has 0 aliphatic heterocycles. The number of carbonyl (C=O) groups excluding carboxylic acids is 1. The maximum atomic E-state index is 12.4. The lowest BCUT2D eigenvalue weighted by atomic mass is 10.0. The van der Waals surface area contributed by atoms with Crippen LogP contribution in [-0.4, -0.2) is 27.5 Å². The van der Waals surface area contributed by atoms with Crippen molar-refractivity contribution in [2.24, 2.45) is 0 Å². The van der Waals surface area contributed by atoms with E-state index in [0.717, 1.165) is 5.56 Å². The van der Waals surface area contributed by atoms with E-state index < -0.39 is 6.61 Å². The molecule has 1 heterocycles. The molecule has 1 N–H and O–H groups in total. The van der Waals surface area contributed by atoms with Gasteiger partial charge in [-0.15, -0.1) is 5.10 Å². The maximum Gasteiger partial charge on any atom is 0.387 e. The summed E-state index contributed by atoms with van der Waals surface area (Å²) in [6.07, 6.45) is 0.641. The van der Waals surface area contributed by atoms with Crippen LogP contribution in [-0.2, 0) is 6.54 Å². The molecule has 1 aromatic heterocycles. The highest BCUT2D eigenvalue weighted by atomic mass is 19.3. The number of benzene rings is 1. The van der Waals surface area contributed by atoms with E-state index >= 15 is 0 Å². The van der Waals surface area contributed by atoms with Crippen LogP contribution in [0.4, 0.5) is 8.78 Å². The zero-order valence-electron chi connectivity index (χ0n) is 13.8. The summed E-state index contributed by atoms with van der Waals surface area (Å²) in [6, 6.07) is 5.96. The zero-order chi connectivity index (χ0) is 17.7. The molecule has 0 aliphatic carbocycles. The second-order valence-electron chi connectivity index (χ2n) is 5.20. The van der Waals surface area contributed by atoms with E-state index in [1.165, 1.54) is 16.9 Å². The molecule has 0 spiro atoms. The van der Waals surface area contributed by atoms with Crippen LogP contribution < -0.4 is 10.1 Å². The van der Waals surface area contributed by atoms with Crippen LogP contribution in [0.5, 0.6) is 5.75 Å². The van der Waals surface area contributed by atoms with Crippen LogP contribution in [0.15, 0.2) is 24.3 Å². The van der Waals surface area contributed by atoms with Crippen LogP contribution in [0.3, 0.4) is 0 Å². The highest BCUT2D eigenvalue weighted by molar-refractivity contribution is 5.93. The molecular weight excluding hydrogens is 318 g/mol. The molecule has 1 amide bonds. The fourth-order valence-corrected chi connectivity index (χ4v) is 2.31. The van der Waals surface area contributed by atoms with E-state index in [1.54, 1.807) is 19.1 Å². The van der Waals surface area contributed by atoms with Crippen LogP contribution in [0.2, 0.25) is 0 Å². The van der Waals surface area contributed by atoms with Crippen LogP contribution in [0.25, 0.3) is 0 Å². The van der Waals surface area contributed by atoms with Gasteiger partial charge in [0, 0.05) is 0 Å². The zero-order valence-corrected chi connectivity index (χ0v) is 13.8. The molecule has 8 heteroatoms. The third-order valence-corrected chi connectivity index (χ3v) is 3.54. The molecule has 0 aliphatic rings. The quantitative estimate of drug-likeness (QED) is 0.842. The molecule has 0 fully saturated rings. The lowest BCUT2D eigenvalue weighted by Crippen LogP contribution is -2.29. The standard InChI is InChI=1S/C16H20F2N4O2/c1-4-13(11-6-8-12(9-7-11)24-16(17)18)19-15(23)14-10(3)20-22(5-2)21-14/h6-9,13,16H,4-5H2,1-3H3,(H,19,23). The third kappa shape index (κ3) is 4.27. The Morgan fingerprint density at radius 1 is 1.25 bits per heavy atom. The topological polar surface area (TPSA) is 69.0 Å². The van der Waals surface area contributed by atoms with E-state index in [2.05, 4.69) is 20.3 Å². The first-order valence-corrected chi connectivity index (χ1v) is 7.72. The van der Waals surface area contributed by atoms with Gasteiger partial charge in [0.2, 0.25) is 0 Å². The first-order valence-electron chi connectivity index (χ1n) is 7.72. The Bertz CT molecular complexity index is 686. The fraction of sp³-hybridized carbons (Fsp3) is 0.438. The van der Waals surface area contributed by atoms with Gasteiger partial charge in [-0.2, -0.15) is 18.7 Å². The predicted molar refractivity (Wildman–Crippen MR) is 84.0 cm³/mol. The number of amides is 1. The Labute approximate surface area is 138 Å². The summed E-state index contributed by atoms with van der Waals surface area (Å²) in [5.74, 6) is -0.233. The minimum atomic E-state index is -2.86. The molecule has 24 heavy (non-hydrogen) atoms. The van der Waals surface area contributed by atoms with Crippen LogP contribution in [0.1, 0.15) is 48.1 Å². The summed E-state index contributed by atoms with van der Waals surface area (Å²) in [5, 5.41) is 11.2. The average Bonchev–Trinajstić information content (AvgIpc) is 2.94. The van der Waals surface area contributed by atoms with E-state index in [1.807, 2.05) is 13.8 Å². The predicted octanol–water partition coefficient (Wildman–Crippen LogP) is 3.09. The second-order valence-corrected chi connectivity index (χ2v) is 5.20. The SMILES string of the molecule is CCC(NC(=O)c1nn(CC)nc1C)c1ccc(OC(F)F)cc1. The van der Waals surface area contributed by atoms with Gasteiger partial charge in [0.15, 0.2) is 5.69 Å². The Morgan fingerprint density at radius 2 is 1.92 bits per heavy atom. The van der Waals surface area contributed by atoms with Crippen molar-refractivity contribution in [3.63, 3.8) is 0 Å². The van der Waals surface area contributed by atoms with Crippen molar-refractivity contribution in [1.29, 1.82) is 0 Å².